The van der Waals surface area contributed by atoms with Gasteiger partial charge in [0.2, 0.25) is 11.7 Å². The molecule has 0 radical (unpaired) electrons. The fourth-order valence-corrected chi connectivity index (χ4v) is 3.89. The molecule has 0 bridgehead atoms. The lowest BCUT2D eigenvalue weighted by Gasteiger charge is -2.10. The van der Waals surface area contributed by atoms with E-state index in [4.69, 9.17) is 9.47 Å². The number of esters is 1. The Balaban J connectivity index is 1.46. The molecule has 34 heavy (non-hydrogen) atoms. The Hall–Kier alpha value is -3.99. The van der Waals surface area contributed by atoms with Crippen LogP contribution in [0.5, 0.6) is 5.88 Å². The zero-order chi connectivity index (χ0) is 24.4. The van der Waals surface area contributed by atoms with Gasteiger partial charge in [-0.3, -0.25) is 14.3 Å². The first kappa shape index (κ1) is 24.6. The van der Waals surface area contributed by atoms with Gasteiger partial charge >= 0.3 is 5.97 Å². The largest absolute Gasteiger partial charge is 0.478 e. The van der Waals surface area contributed by atoms with Gasteiger partial charge in [0, 0.05) is 30.9 Å². The molecule has 3 rings (SSSR count). The molecule has 1 heterocycles. The third-order valence-electron chi connectivity index (χ3n) is 4.59. The molecular formula is C23H24N4O6S. The van der Waals surface area contributed by atoms with Crippen LogP contribution in [0.15, 0.2) is 71.9 Å². The van der Waals surface area contributed by atoms with Crippen LogP contribution >= 0.6 is 0 Å². The smallest absolute Gasteiger partial charge is 0.306 e. The van der Waals surface area contributed by atoms with Gasteiger partial charge in [-0.15, -0.1) is 0 Å². The van der Waals surface area contributed by atoms with E-state index in [1.165, 1.54) is 43.8 Å². The van der Waals surface area contributed by atoms with Crippen molar-refractivity contribution in [2.75, 3.05) is 23.8 Å². The first-order valence-corrected chi connectivity index (χ1v) is 11.8. The number of carbonyl (C=O) groups is 2. The maximum absolute atomic E-state index is 12.6. The first-order valence-electron chi connectivity index (χ1n) is 10.3. The van der Waals surface area contributed by atoms with E-state index in [1.807, 2.05) is 30.3 Å². The summed E-state index contributed by atoms with van der Waals surface area (Å²) in [5, 5.41) is 2.62. The van der Waals surface area contributed by atoms with Crippen molar-refractivity contribution < 1.29 is 27.5 Å². The van der Waals surface area contributed by atoms with Gasteiger partial charge in [-0.25, -0.2) is 18.4 Å². The van der Waals surface area contributed by atoms with Crippen molar-refractivity contribution in [1.82, 2.24) is 9.97 Å². The summed E-state index contributed by atoms with van der Waals surface area (Å²) in [6.07, 6.45) is 3.19. The van der Waals surface area contributed by atoms with Crippen LogP contribution in [0.25, 0.3) is 0 Å². The topological polar surface area (TPSA) is 137 Å². The first-order chi connectivity index (χ1) is 16.4. The molecule has 1 aromatic heterocycles. The molecule has 2 aromatic carbocycles. The molecule has 11 heteroatoms. The van der Waals surface area contributed by atoms with Crippen LogP contribution in [0, 0.1) is 0 Å². The number of anilines is 2. The fraction of sp³-hybridized carbons (Fsp3) is 0.217. The quantitative estimate of drug-likeness (QED) is 0.397. The zero-order valence-corrected chi connectivity index (χ0v) is 19.2. The van der Waals surface area contributed by atoms with E-state index >= 15 is 0 Å². The van der Waals surface area contributed by atoms with Crippen LogP contribution < -0.4 is 14.8 Å². The number of sulfonamides is 1. The van der Waals surface area contributed by atoms with Crippen molar-refractivity contribution >= 4 is 33.4 Å². The lowest BCUT2D eigenvalue weighted by Crippen LogP contribution is -2.16. The van der Waals surface area contributed by atoms with E-state index < -0.39 is 21.9 Å². The summed E-state index contributed by atoms with van der Waals surface area (Å²) in [4.78, 5) is 31.7. The lowest BCUT2D eigenvalue weighted by atomic mass is 10.2. The molecule has 0 aliphatic heterocycles. The van der Waals surface area contributed by atoms with Gasteiger partial charge in [0.25, 0.3) is 15.9 Å². The highest BCUT2D eigenvalue weighted by Gasteiger charge is 2.18. The molecule has 0 aliphatic rings. The molecule has 0 aliphatic carbocycles. The van der Waals surface area contributed by atoms with Crippen LogP contribution in [-0.2, 0) is 30.8 Å². The van der Waals surface area contributed by atoms with Crippen LogP contribution in [0.1, 0.15) is 18.4 Å². The summed E-state index contributed by atoms with van der Waals surface area (Å²) >= 11 is 0. The lowest BCUT2D eigenvalue weighted by molar-refractivity contribution is -0.144. The second kappa shape index (κ2) is 11.8. The molecule has 0 saturated carbocycles. The van der Waals surface area contributed by atoms with E-state index in [1.54, 1.807) is 0 Å². The number of ether oxygens (including phenoxy) is 2. The minimum atomic E-state index is -3.95. The number of methoxy groups -OCH3 is 1. The number of hydrogen-bond acceptors (Lipinski definition) is 8. The number of amides is 1. The fourth-order valence-electron chi connectivity index (χ4n) is 2.89. The Morgan fingerprint density at radius 1 is 0.941 bits per heavy atom. The van der Waals surface area contributed by atoms with Gasteiger partial charge in [-0.05, 0) is 29.8 Å². The third-order valence-corrected chi connectivity index (χ3v) is 5.95. The van der Waals surface area contributed by atoms with E-state index in [9.17, 15) is 18.0 Å². The molecule has 3 aromatic rings. The molecule has 1 amide bonds. The summed E-state index contributed by atoms with van der Waals surface area (Å²) in [6.45, 7) is 0.245. The van der Waals surface area contributed by atoms with Crippen molar-refractivity contribution in [3.63, 3.8) is 0 Å². The Morgan fingerprint density at radius 2 is 1.65 bits per heavy atom. The van der Waals surface area contributed by atoms with Crippen molar-refractivity contribution in [2.45, 2.75) is 24.2 Å². The van der Waals surface area contributed by atoms with Crippen LogP contribution in [0.2, 0.25) is 0 Å². The van der Waals surface area contributed by atoms with Crippen LogP contribution in [0.3, 0.4) is 0 Å². The third kappa shape index (κ3) is 7.27. The summed E-state index contributed by atoms with van der Waals surface area (Å²) in [5.74, 6) is -0.859. The Kier molecular flexibility index (Phi) is 8.52. The van der Waals surface area contributed by atoms with Crippen molar-refractivity contribution in [3.05, 3.63) is 72.6 Å². The molecule has 0 atom stereocenters. The molecule has 2 N–H and O–H groups in total. The van der Waals surface area contributed by atoms with Gasteiger partial charge in [0.05, 0.1) is 25.0 Å². The molecular weight excluding hydrogens is 460 g/mol. The van der Waals surface area contributed by atoms with Crippen LogP contribution in [-0.4, -0.2) is 44.0 Å². The number of rotatable bonds is 11. The van der Waals surface area contributed by atoms with E-state index in [-0.39, 0.29) is 36.0 Å². The Labute approximate surface area is 197 Å². The molecule has 0 fully saturated rings. The second-order valence-electron chi connectivity index (χ2n) is 7.05. The van der Waals surface area contributed by atoms with Crippen LogP contribution in [0.4, 0.5) is 11.5 Å². The van der Waals surface area contributed by atoms with Crippen molar-refractivity contribution in [3.8, 4) is 5.88 Å². The SMILES string of the molecule is COc1nccnc1NS(=O)(=O)c1ccc(NC(=O)CCC(=O)OCCc2ccccc2)cc1. The molecule has 0 spiro atoms. The summed E-state index contributed by atoms with van der Waals surface area (Å²) in [6, 6.07) is 15.2. The number of benzene rings is 2. The minimum Gasteiger partial charge on any atom is -0.478 e. The van der Waals surface area contributed by atoms with Gasteiger partial charge in [-0.1, -0.05) is 30.3 Å². The Morgan fingerprint density at radius 3 is 2.35 bits per heavy atom. The highest BCUT2D eigenvalue weighted by atomic mass is 32.2. The van der Waals surface area contributed by atoms with Gasteiger partial charge in [-0.2, -0.15) is 0 Å². The van der Waals surface area contributed by atoms with Gasteiger partial charge in [0.15, 0.2) is 0 Å². The van der Waals surface area contributed by atoms with Crippen molar-refractivity contribution in [2.24, 2.45) is 0 Å². The van der Waals surface area contributed by atoms with E-state index in [0.717, 1.165) is 5.56 Å². The van der Waals surface area contributed by atoms with Gasteiger partial charge in [0.1, 0.15) is 0 Å². The average Bonchev–Trinajstić information content (AvgIpc) is 2.84. The monoisotopic (exact) mass is 484 g/mol. The number of carbonyl (C=O) groups excluding carboxylic acids is 2. The summed E-state index contributed by atoms with van der Waals surface area (Å²) < 4.78 is 37.6. The number of aromatic nitrogens is 2. The summed E-state index contributed by atoms with van der Waals surface area (Å²) in [7, 11) is -2.60. The number of nitrogens with one attached hydrogen (secondary N) is 2. The molecule has 0 unspecified atom stereocenters. The van der Waals surface area contributed by atoms with Gasteiger partial charge < -0.3 is 14.8 Å². The maximum Gasteiger partial charge on any atom is 0.306 e. The number of nitrogens with zero attached hydrogens (tertiary/aromatic N) is 2. The Bertz CT molecular complexity index is 1220. The predicted molar refractivity (Wildman–Crippen MR) is 125 cm³/mol. The second-order valence-corrected chi connectivity index (χ2v) is 8.73. The summed E-state index contributed by atoms with van der Waals surface area (Å²) in [5.41, 5.74) is 1.45. The highest BCUT2D eigenvalue weighted by molar-refractivity contribution is 7.92. The normalized spacial score (nSPS) is 10.9. The minimum absolute atomic E-state index is 0.0357. The molecule has 10 nitrogen and oxygen atoms in total. The number of hydrogen-bond donors (Lipinski definition) is 2. The molecule has 0 saturated heterocycles. The van der Waals surface area contributed by atoms with E-state index in [0.29, 0.717) is 12.1 Å². The highest BCUT2D eigenvalue weighted by Crippen LogP contribution is 2.22. The standard InChI is InChI=1S/C23H24N4O6S/c1-32-23-22(24-14-15-25-23)27-34(30,31)19-9-7-18(8-10-19)26-20(28)11-12-21(29)33-16-13-17-5-3-2-4-6-17/h2-10,14-15H,11-13,16H2,1H3,(H,24,27)(H,26,28). The van der Waals surface area contributed by atoms with E-state index in [2.05, 4.69) is 20.0 Å². The predicted octanol–water partition coefficient (Wildman–Crippen LogP) is 2.79. The zero-order valence-electron chi connectivity index (χ0n) is 18.4. The van der Waals surface area contributed by atoms with Crippen molar-refractivity contribution in [1.29, 1.82) is 0 Å². The average molecular weight is 485 g/mol. The maximum atomic E-state index is 12.6. The molecule has 178 valence electrons.